The van der Waals surface area contributed by atoms with E-state index in [0.29, 0.717) is 12.3 Å². The zero-order valence-corrected chi connectivity index (χ0v) is 6.43. The van der Waals surface area contributed by atoms with Crippen LogP contribution in [0.25, 0.3) is 0 Å². The second-order valence-corrected chi connectivity index (χ2v) is 2.68. The fourth-order valence-electron chi connectivity index (χ4n) is 0.563. The Bertz CT molecular complexity index is 245. The van der Waals surface area contributed by atoms with Gasteiger partial charge >= 0.3 is 11.3 Å². The van der Waals surface area contributed by atoms with E-state index in [0.717, 1.165) is 0 Å². The van der Waals surface area contributed by atoms with Crippen molar-refractivity contribution in [2.24, 2.45) is 10.1 Å². The van der Waals surface area contributed by atoms with E-state index in [9.17, 15) is 4.21 Å². The van der Waals surface area contributed by atoms with E-state index < -0.39 is 17.3 Å². The SMILES string of the molecule is C#CC[C@@H](N)C1=NS(=O)ON1. The molecule has 1 rings (SSSR count). The fourth-order valence-corrected chi connectivity index (χ4v) is 1.09. The van der Waals surface area contributed by atoms with Crippen molar-refractivity contribution in [3.05, 3.63) is 0 Å². The van der Waals surface area contributed by atoms with Crippen molar-refractivity contribution in [1.29, 1.82) is 0 Å². The Morgan fingerprint density at radius 2 is 2.73 bits per heavy atom. The van der Waals surface area contributed by atoms with Crippen LogP contribution in [0.5, 0.6) is 0 Å². The average Bonchev–Trinajstić information content (AvgIpc) is 2.36. The molecule has 0 aromatic carbocycles. The summed E-state index contributed by atoms with van der Waals surface area (Å²) in [5.74, 6) is 2.69. The monoisotopic (exact) mass is 173 g/mol. The third-order valence-electron chi connectivity index (χ3n) is 1.08. The minimum atomic E-state index is -1.65. The molecule has 0 aromatic rings. The van der Waals surface area contributed by atoms with Crippen LogP contribution in [0.3, 0.4) is 0 Å². The summed E-state index contributed by atoms with van der Waals surface area (Å²) in [5, 5.41) is 0. The summed E-state index contributed by atoms with van der Waals surface area (Å²) in [5.41, 5.74) is 7.82. The zero-order valence-electron chi connectivity index (χ0n) is 5.61. The molecular formula is C5H7N3O2S. The van der Waals surface area contributed by atoms with Crippen LogP contribution in [0.1, 0.15) is 6.42 Å². The Balaban J connectivity index is 2.55. The van der Waals surface area contributed by atoms with Gasteiger partial charge in [0, 0.05) is 6.42 Å². The van der Waals surface area contributed by atoms with Crippen molar-refractivity contribution in [1.82, 2.24) is 5.48 Å². The standard InChI is InChI=1S/C5H7N3O2S/c1-2-3-4(6)5-7-10-11(9)8-5/h1,4H,3,6H2,(H,7,8)/t4-,11?/m1/s1. The van der Waals surface area contributed by atoms with Crippen LogP contribution in [0, 0.1) is 12.3 Å². The van der Waals surface area contributed by atoms with Crippen LogP contribution < -0.4 is 11.2 Å². The van der Waals surface area contributed by atoms with Gasteiger partial charge in [-0.2, -0.15) is 4.28 Å². The minimum absolute atomic E-state index is 0.335. The highest BCUT2D eigenvalue weighted by atomic mass is 32.2. The lowest BCUT2D eigenvalue weighted by Gasteiger charge is -2.04. The summed E-state index contributed by atoms with van der Waals surface area (Å²) in [6.07, 6.45) is 5.34. The molecule has 0 saturated heterocycles. The minimum Gasteiger partial charge on any atom is -0.321 e. The van der Waals surface area contributed by atoms with Crippen molar-refractivity contribution >= 4 is 17.1 Å². The summed E-state index contributed by atoms with van der Waals surface area (Å²) in [6.45, 7) is 0. The molecule has 60 valence electrons. The normalized spacial score (nSPS) is 25.1. The Morgan fingerprint density at radius 1 is 2.00 bits per heavy atom. The zero-order chi connectivity index (χ0) is 8.27. The first kappa shape index (κ1) is 8.20. The van der Waals surface area contributed by atoms with Gasteiger partial charge in [0.1, 0.15) is 0 Å². The van der Waals surface area contributed by atoms with Gasteiger partial charge in [-0.25, -0.2) is 9.69 Å². The molecule has 11 heavy (non-hydrogen) atoms. The molecule has 5 nitrogen and oxygen atoms in total. The maximum Gasteiger partial charge on any atom is 0.309 e. The number of hydrogen-bond donors (Lipinski definition) is 2. The van der Waals surface area contributed by atoms with E-state index in [1.54, 1.807) is 0 Å². The molecule has 0 bridgehead atoms. The molecule has 1 aliphatic heterocycles. The first-order valence-corrected chi connectivity index (χ1v) is 3.90. The molecule has 0 fully saturated rings. The molecule has 0 radical (unpaired) electrons. The smallest absolute Gasteiger partial charge is 0.309 e. The van der Waals surface area contributed by atoms with Crippen LogP contribution in [0.2, 0.25) is 0 Å². The van der Waals surface area contributed by atoms with E-state index in [1.807, 2.05) is 0 Å². The van der Waals surface area contributed by atoms with Gasteiger partial charge in [0.05, 0.1) is 6.04 Å². The molecule has 0 aromatic heterocycles. The molecule has 0 saturated carbocycles. The van der Waals surface area contributed by atoms with Crippen molar-refractivity contribution in [2.45, 2.75) is 12.5 Å². The first-order valence-electron chi connectivity index (χ1n) is 2.87. The summed E-state index contributed by atoms with van der Waals surface area (Å²) in [6, 6.07) is -0.425. The molecule has 6 heteroatoms. The van der Waals surface area contributed by atoms with Crippen LogP contribution in [-0.2, 0) is 15.6 Å². The number of nitrogens with two attached hydrogens (primary N) is 1. The highest BCUT2D eigenvalue weighted by Gasteiger charge is 2.18. The van der Waals surface area contributed by atoms with Gasteiger partial charge in [-0.3, -0.25) is 0 Å². The maximum atomic E-state index is 10.5. The third kappa shape index (κ3) is 2.01. The number of nitrogens with one attached hydrogen (secondary N) is 1. The van der Waals surface area contributed by atoms with Crippen LogP contribution in [-0.4, -0.2) is 16.1 Å². The first-order chi connectivity index (χ1) is 5.24. The molecule has 0 aliphatic carbocycles. The van der Waals surface area contributed by atoms with Gasteiger partial charge in [0.25, 0.3) is 0 Å². The molecule has 1 unspecified atom stereocenters. The second kappa shape index (κ2) is 3.48. The molecule has 0 amide bonds. The highest BCUT2D eigenvalue weighted by molar-refractivity contribution is 7.79. The third-order valence-corrected chi connectivity index (χ3v) is 1.65. The number of rotatable bonds is 2. The van der Waals surface area contributed by atoms with Gasteiger partial charge < -0.3 is 5.73 Å². The van der Waals surface area contributed by atoms with Gasteiger partial charge in [-0.15, -0.1) is 16.7 Å². The van der Waals surface area contributed by atoms with Crippen molar-refractivity contribution in [3.8, 4) is 12.3 Å². The van der Waals surface area contributed by atoms with Gasteiger partial charge in [-0.1, -0.05) is 0 Å². The maximum absolute atomic E-state index is 10.5. The Hall–Kier alpha value is -0.900. The van der Waals surface area contributed by atoms with E-state index in [2.05, 4.69) is 20.1 Å². The fraction of sp³-hybridized carbons (Fsp3) is 0.400. The van der Waals surface area contributed by atoms with Gasteiger partial charge in [-0.05, 0) is 0 Å². The Morgan fingerprint density at radius 3 is 3.18 bits per heavy atom. The average molecular weight is 173 g/mol. The van der Waals surface area contributed by atoms with E-state index in [1.165, 1.54) is 0 Å². The quantitative estimate of drug-likeness (QED) is 0.517. The lowest BCUT2D eigenvalue weighted by Crippen LogP contribution is -2.37. The van der Waals surface area contributed by atoms with Crippen molar-refractivity contribution in [2.75, 3.05) is 0 Å². The van der Waals surface area contributed by atoms with Crippen molar-refractivity contribution in [3.63, 3.8) is 0 Å². The second-order valence-electron chi connectivity index (χ2n) is 1.89. The highest BCUT2D eigenvalue weighted by Crippen LogP contribution is 1.99. The van der Waals surface area contributed by atoms with Crippen LogP contribution in [0.4, 0.5) is 0 Å². The van der Waals surface area contributed by atoms with E-state index in [-0.39, 0.29) is 0 Å². The number of nitrogens with zero attached hydrogens (tertiary/aromatic N) is 1. The Kier molecular flexibility index (Phi) is 2.59. The summed E-state index contributed by atoms with van der Waals surface area (Å²) >= 11 is -1.65. The topological polar surface area (TPSA) is 76.7 Å². The number of hydrogen-bond acceptors (Lipinski definition) is 4. The molecule has 2 atom stereocenters. The van der Waals surface area contributed by atoms with Crippen LogP contribution >= 0.6 is 0 Å². The van der Waals surface area contributed by atoms with Crippen LogP contribution in [0.15, 0.2) is 4.40 Å². The predicted octanol–water partition coefficient (Wildman–Crippen LogP) is -1.15. The summed E-state index contributed by atoms with van der Waals surface area (Å²) in [7, 11) is 0. The number of amidine groups is 1. The predicted molar refractivity (Wildman–Crippen MR) is 41.2 cm³/mol. The number of terminal acetylenes is 1. The number of hydroxylamine groups is 1. The lowest BCUT2D eigenvalue weighted by molar-refractivity contribution is 0.301. The van der Waals surface area contributed by atoms with Gasteiger partial charge in [0.2, 0.25) is 0 Å². The summed E-state index contributed by atoms with van der Waals surface area (Å²) in [4.78, 5) is 0. The molecule has 3 N–H and O–H groups in total. The Labute approximate surface area is 66.8 Å². The molecule has 0 spiro atoms. The van der Waals surface area contributed by atoms with Gasteiger partial charge in [0.15, 0.2) is 5.84 Å². The van der Waals surface area contributed by atoms with E-state index >= 15 is 0 Å². The largest absolute Gasteiger partial charge is 0.321 e. The van der Waals surface area contributed by atoms with E-state index in [4.69, 9.17) is 12.2 Å². The molecular weight excluding hydrogens is 166 g/mol. The molecule has 1 aliphatic rings. The molecule has 1 heterocycles. The lowest BCUT2D eigenvalue weighted by atomic mass is 10.2. The van der Waals surface area contributed by atoms with Crippen molar-refractivity contribution < 1.29 is 8.49 Å². The summed E-state index contributed by atoms with van der Waals surface area (Å²) < 4.78 is 18.4.